The molecule has 1 heterocycles. The number of hydrogen-bond acceptors (Lipinski definition) is 3. The van der Waals surface area contributed by atoms with Gasteiger partial charge in [-0.05, 0) is 26.0 Å². The molecule has 0 aliphatic carbocycles. The van der Waals surface area contributed by atoms with E-state index < -0.39 is 0 Å². The molecule has 1 N–H and O–H groups in total. The van der Waals surface area contributed by atoms with Crippen LogP contribution in [0.4, 0.5) is 5.69 Å². The molecule has 1 amide bonds. The normalized spacial score (nSPS) is 21.9. The number of para-hydroxylation sites is 1. The first kappa shape index (κ1) is 14.3. The molecule has 0 aromatic heterocycles. The molecule has 19 heavy (non-hydrogen) atoms. The molecule has 0 saturated carbocycles. The van der Waals surface area contributed by atoms with Gasteiger partial charge in [0, 0.05) is 13.1 Å². The van der Waals surface area contributed by atoms with E-state index in [1.54, 1.807) is 12.1 Å². The van der Waals surface area contributed by atoms with Crippen molar-refractivity contribution in [1.82, 2.24) is 4.90 Å². The van der Waals surface area contributed by atoms with E-state index in [2.05, 4.69) is 10.2 Å². The molecule has 1 aromatic carbocycles. The highest BCUT2D eigenvalue weighted by Gasteiger charge is 2.26. The van der Waals surface area contributed by atoms with Crippen molar-refractivity contribution in [3.63, 3.8) is 0 Å². The van der Waals surface area contributed by atoms with E-state index in [1.807, 2.05) is 26.0 Å². The first-order valence-corrected chi connectivity index (χ1v) is 6.87. The molecule has 2 atom stereocenters. The van der Waals surface area contributed by atoms with Crippen molar-refractivity contribution in [2.45, 2.75) is 26.0 Å². The molecule has 2 unspecified atom stereocenters. The van der Waals surface area contributed by atoms with Gasteiger partial charge in [0.05, 0.1) is 29.5 Å². The largest absolute Gasteiger partial charge is 0.376 e. The second-order valence-corrected chi connectivity index (χ2v) is 5.23. The zero-order valence-electron chi connectivity index (χ0n) is 11.2. The third kappa shape index (κ3) is 3.69. The van der Waals surface area contributed by atoms with Crippen molar-refractivity contribution in [2.75, 3.05) is 25.0 Å². The molecule has 1 aliphatic heterocycles. The number of halogens is 1. The molecule has 104 valence electrons. The van der Waals surface area contributed by atoms with Gasteiger partial charge in [0.15, 0.2) is 0 Å². The van der Waals surface area contributed by atoms with Crippen LogP contribution in [-0.2, 0) is 9.53 Å². The molecule has 5 heteroatoms. The summed E-state index contributed by atoms with van der Waals surface area (Å²) in [6.45, 7) is 6.15. The summed E-state index contributed by atoms with van der Waals surface area (Å²) in [6, 6.07) is 7.06. The van der Waals surface area contributed by atoms with Crippen LogP contribution in [0.2, 0.25) is 5.02 Å². The number of amides is 1. The Hall–Kier alpha value is -1.10. The van der Waals surface area contributed by atoms with E-state index in [1.165, 1.54) is 0 Å². The number of nitrogens with one attached hydrogen (secondary N) is 1. The fraction of sp³-hybridized carbons (Fsp3) is 0.500. The Balaban J connectivity index is 1.97. The summed E-state index contributed by atoms with van der Waals surface area (Å²) in [5, 5.41) is 3.42. The Morgan fingerprint density at radius 3 is 2.95 bits per heavy atom. The topological polar surface area (TPSA) is 41.6 Å². The SMILES string of the molecule is CC1CN(C(C)C(=O)Nc2ccccc2Cl)CCO1. The zero-order chi connectivity index (χ0) is 13.8. The van der Waals surface area contributed by atoms with Crippen molar-refractivity contribution in [3.05, 3.63) is 29.3 Å². The van der Waals surface area contributed by atoms with E-state index in [0.717, 1.165) is 13.1 Å². The lowest BCUT2D eigenvalue weighted by atomic mass is 10.2. The molecule has 4 nitrogen and oxygen atoms in total. The van der Waals surface area contributed by atoms with Crippen LogP contribution in [-0.4, -0.2) is 42.6 Å². The average Bonchev–Trinajstić information content (AvgIpc) is 2.40. The van der Waals surface area contributed by atoms with Crippen molar-refractivity contribution >= 4 is 23.2 Å². The van der Waals surface area contributed by atoms with Gasteiger partial charge in [0.25, 0.3) is 0 Å². The number of rotatable bonds is 3. The van der Waals surface area contributed by atoms with Crippen molar-refractivity contribution in [3.8, 4) is 0 Å². The molecule has 1 saturated heterocycles. The van der Waals surface area contributed by atoms with Crippen LogP contribution < -0.4 is 5.32 Å². The van der Waals surface area contributed by atoms with Crippen molar-refractivity contribution < 1.29 is 9.53 Å². The van der Waals surface area contributed by atoms with Crippen LogP contribution in [0.3, 0.4) is 0 Å². The predicted molar refractivity (Wildman–Crippen MR) is 76.5 cm³/mol. The highest BCUT2D eigenvalue weighted by Crippen LogP contribution is 2.21. The molecule has 0 spiro atoms. The average molecular weight is 283 g/mol. The number of benzene rings is 1. The van der Waals surface area contributed by atoms with Crippen LogP contribution in [0.1, 0.15) is 13.8 Å². The number of ether oxygens (including phenoxy) is 1. The number of anilines is 1. The summed E-state index contributed by atoms with van der Waals surface area (Å²) in [5.41, 5.74) is 0.655. The monoisotopic (exact) mass is 282 g/mol. The summed E-state index contributed by atoms with van der Waals surface area (Å²) in [4.78, 5) is 14.3. The Morgan fingerprint density at radius 2 is 2.26 bits per heavy atom. The minimum absolute atomic E-state index is 0.0396. The summed E-state index contributed by atoms with van der Waals surface area (Å²) in [6.07, 6.45) is 0.171. The summed E-state index contributed by atoms with van der Waals surface area (Å²) in [7, 11) is 0. The molecule has 1 aromatic rings. The summed E-state index contributed by atoms with van der Waals surface area (Å²) in [5.74, 6) is -0.0396. The molecule has 2 rings (SSSR count). The van der Waals surface area contributed by atoms with Gasteiger partial charge >= 0.3 is 0 Å². The molecule has 0 bridgehead atoms. The smallest absolute Gasteiger partial charge is 0.241 e. The lowest BCUT2D eigenvalue weighted by molar-refractivity contribution is -0.123. The third-order valence-electron chi connectivity index (χ3n) is 3.33. The van der Waals surface area contributed by atoms with Crippen LogP contribution in [0.25, 0.3) is 0 Å². The minimum Gasteiger partial charge on any atom is -0.376 e. The van der Waals surface area contributed by atoms with E-state index in [9.17, 15) is 4.79 Å². The number of hydrogen-bond donors (Lipinski definition) is 1. The zero-order valence-corrected chi connectivity index (χ0v) is 12.0. The predicted octanol–water partition coefficient (Wildman–Crippen LogP) is 2.39. The fourth-order valence-corrected chi connectivity index (χ4v) is 2.35. The van der Waals surface area contributed by atoms with E-state index in [4.69, 9.17) is 16.3 Å². The van der Waals surface area contributed by atoms with Gasteiger partial charge in [-0.25, -0.2) is 0 Å². The van der Waals surface area contributed by atoms with Crippen LogP contribution in [0.5, 0.6) is 0 Å². The fourth-order valence-electron chi connectivity index (χ4n) is 2.16. The standard InChI is InChI=1S/C14H19ClN2O2/c1-10-9-17(7-8-19-10)11(2)14(18)16-13-6-4-3-5-12(13)15/h3-6,10-11H,7-9H2,1-2H3,(H,16,18). The molecule has 0 radical (unpaired) electrons. The highest BCUT2D eigenvalue weighted by molar-refractivity contribution is 6.33. The second-order valence-electron chi connectivity index (χ2n) is 4.82. The third-order valence-corrected chi connectivity index (χ3v) is 3.66. The Bertz CT molecular complexity index is 453. The summed E-state index contributed by atoms with van der Waals surface area (Å²) >= 11 is 6.03. The first-order chi connectivity index (χ1) is 9.08. The van der Waals surface area contributed by atoms with Gasteiger partial charge in [0.2, 0.25) is 5.91 Å². The number of carbonyl (C=O) groups is 1. The number of nitrogens with zero attached hydrogens (tertiary/aromatic N) is 1. The van der Waals surface area contributed by atoms with E-state index >= 15 is 0 Å². The van der Waals surface area contributed by atoms with E-state index in [-0.39, 0.29) is 18.1 Å². The maximum absolute atomic E-state index is 12.2. The Morgan fingerprint density at radius 1 is 1.53 bits per heavy atom. The molecule has 1 fully saturated rings. The van der Waals surface area contributed by atoms with Gasteiger partial charge in [-0.3, -0.25) is 9.69 Å². The second kappa shape index (κ2) is 6.37. The van der Waals surface area contributed by atoms with Crippen LogP contribution in [0, 0.1) is 0 Å². The van der Waals surface area contributed by atoms with Crippen molar-refractivity contribution in [1.29, 1.82) is 0 Å². The lowest BCUT2D eigenvalue weighted by Gasteiger charge is -2.34. The quantitative estimate of drug-likeness (QED) is 0.925. The minimum atomic E-state index is -0.192. The van der Waals surface area contributed by atoms with Crippen LogP contribution >= 0.6 is 11.6 Å². The van der Waals surface area contributed by atoms with Gasteiger partial charge in [-0.1, -0.05) is 23.7 Å². The number of morpholine rings is 1. The maximum Gasteiger partial charge on any atom is 0.241 e. The number of carbonyl (C=O) groups excluding carboxylic acids is 1. The molecular weight excluding hydrogens is 264 g/mol. The Kier molecular flexibility index (Phi) is 4.80. The van der Waals surface area contributed by atoms with Gasteiger partial charge in [-0.15, -0.1) is 0 Å². The van der Waals surface area contributed by atoms with Gasteiger partial charge < -0.3 is 10.1 Å². The molecule has 1 aliphatic rings. The summed E-state index contributed by atoms with van der Waals surface area (Å²) < 4.78 is 5.48. The molecular formula is C14H19ClN2O2. The first-order valence-electron chi connectivity index (χ1n) is 6.49. The van der Waals surface area contributed by atoms with Crippen molar-refractivity contribution in [2.24, 2.45) is 0 Å². The van der Waals surface area contributed by atoms with Crippen LogP contribution in [0.15, 0.2) is 24.3 Å². The lowest BCUT2D eigenvalue weighted by Crippen LogP contribution is -2.50. The highest BCUT2D eigenvalue weighted by atomic mass is 35.5. The maximum atomic E-state index is 12.2. The van der Waals surface area contributed by atoms with Gasteiger partial charge in [0.1, 0.15) is 0 Å². The van der Waals surface area contributed by atoms with E-state index in [0.29, 0.717) is 17.3 Å². The van der Waals surface area contributed by atoms with Gasteiger partial charge in [-0.2, -0.15) is 0 Å². The Labute approximate surface area is 118 Å².